The summed E-state index contributed by atoms with van der Waals surface area (Å²) in [6.07, 6.45) is 1.71. The van der Waals surface area contributed by atoms with Crippen molar-refractivity contribution in [1.29, 1.82) is 0 Å². The summed E-state index contributed by atoms with van der Waals surface area (Å²) in [5.41, 5.74) is 20.1. The Kier molecular flexibility index (Phi) is 11.6. The van der Waals surface area contributed by atoms with Gasteiger partial charge < -0.3 is 44.8 Å². The molecular weight excluding hydrogens is 713 g/mol. The van der Waals surface area contributed by atoms with E-state index >= 15 is 0 Å². The Balaban J connectivity index is 0.951. The quantitative estimate of drug-likeness (QED) is 0.0769. The number of nitrogen functional groups attached to an aromatic ring is 2. The summed E-state index contributed by atoms with van der Waals surface area (Å²) in [7, 11) is 3.13. The number of nitrogens with zero attached hydrogens (tertiary/aromatic N) is 2. The minimum atomic E-state index is -0.706. The lowest BCUT2D eigenvalue weighted by Crippen LogP contribution is -2.51. The van der Waals surface area contributed by atoms with E-state index in [9.17, 15) is 9.59 Å². The lowest BCUT2D eigenvalue weighted by molar-refractivity contribution is -0.0211. The minimum absolute atomic E-state index is 0.0719. The van der Waals surface area contributed by atoms with Gasteiger partial charge in [0.1, 0.15) is 6.61 Å². The molecule has 0 bridgehead atoms. The first-order chi connectivity index (χ1) is 27.2. The second-order valence-corrected chi connectivity index (χ2v) is 14.4. The molecule has 3 aliphatic rings. The Bertz CT molecular complexity index is 2060. The molecule has 2 fully saturated rings. The molecule has 4 N–H and O–H groups in total. The Morgan fingerprint density at radius 1 is 0.804 bits per heavy atom. The third-order valence-electron chi connectivity index (χ3n) is 10.8. The normalized spacial score (nSPS) is 17.4. The number of amides is 2. The lowest BCUT2D eigenvalue weighted by atomic mass is 9.98. The van der Waals surface area contributed by atoms with Crippen molar-refractivity contribution in [2.75, 3.05) is 65.2 Å². The number of aryl methyl sites for hydroxylation is 1. The molecule has 12 nitrogen and oxygen atoms in total. The van der Waals surface area contributed by atoms with Crippen LogP contribution in [0.3, 0.4) is 0 Å². The number of unbranched alkanes of at least 4 members (excludes halogenated alkanes) is 2. The molecule has 0 saturated carbocycles. The van der Waals surface area contributed by atoms with E-state index in [2.05, 4.69) is 30.8 Å². The van der Waals surface area contributed by atoms with Gasteiger partial charge in [0.15, 0.2) is 29.2 Å². The van der Waals surface area contributed by atoms with Gasteiger partial charge in [-0.05, 0) is 72.6 Å². The molecule has 4 aromatic rings. The van der Waals surface area contributed by atoms with Crippen molar-refractivity contribution in [3.05, 3.63) is 107 Å². The first kappa shape index (κ1) is 38.4. The molecule has 7 rings (SSSR count). The molecule has 294 valence electrons. The van der Waals surface area contributed by atoms with Crippen LogP contribution in [0.25, 0.3) is 11.1 Å². The molecule has 56 heavy (non-hydrogen) atoms. The summed E-state index contributed by atoms with van der Waals surface area (Å²) in [4.78, 5) is 31.2. The Morgan fingerprint density at radius 3 is 2.05 bits per heavy atom. The highest BCUT2D eigenvalue weighted by Crippen LogP contribution is 2.45. The molecule has 2 saturated heterocycles. The van der Waals surface area contributed by atoms with Crippen LogP contribution in [0.1, 0.15) is 58.6 Å². The van der Waals surface area contributed by atoms with Crippen LogP contribution >= 0.6 is 0 Å². The number of nitrogens with two attached hydrogens (primary N) is 2. The number of rotatable bonds is 14. The molecular formula is C44H50N4O8. The number of hydrogen-bond donors (Lipinski definition) is 2. The van der Waals surface area contributed by atoms with Crippen molar-refractivity contribution >= 4 is 23.4 Å². The molecule has 0 radical (unpaired) electrons. The maximum absolute atomic E-state index is 14.2. The zero-order chi connectivity index (χ0) is 39.3. The smallest absolute Gasteiger partial charge is 0.412 e. The monoisotopic (exact) mass is 762 g/mol. The third-order valence-corrected chi connectivity index (χ3v) is 10.8. The summed E-state index contributed by atoms with van der Waals surface area (Å²) in [5.74, 6) is 1.72. The third kappa shape index (κ3) is 7.79. The largest absolute Gasteiger partial charge is 0.493 e. The molecule has 4 aromatic carbocycles. The van der Waals surface area contributed by atoms with Crippen LogP contribution < -0.4 is 30.4 Å². The van der Waals surface area contributed by atoms with Gasteiger partial charge in [-0.1, -0.05) is 60.7 Å². The van der Waals surface area contributed by atoms with E-state index in [0.29, 0.717) is 68.0 Å². The molecule has 12 heteroatoms. The van der Waals surface area contributed by atoms with Crippen molar-refractivity contribution in [2.24, 2.45) is 0 Å². The highest BCUT2D eigenvalue weighted by molar-refractivity contribution is 6.00. The maximum Gasteiger partial charge on any atom is 0.412 e. The average Bonchev–Trinajstić information content (AvgIpc) is 3.93. The summed E-state index contributed by atoms with van der Waals surface area (Å²) in [6, 6.07) is 22.8. The van der Waals surface area contributed by atoms with E-state index in [1.807, 2.05) is 37.3 Å². The van der Waals surface area contributed by atoms with E-state index < -0.39 is 18.4 Å². The van der Waals surface area contributed by atoms with Crippen LogP contribution in [-0.2, 0) is 9.47 Å². The van der Waals surface area contributed by atoms with E-state index in [-0.39, 0.29) is 29.7 Å². The van der Waals surface area contributed by atoms with Crippen LogP contribution in [0.5, 0.6) is 23.0 Å². The number of fused-ring (bicyclic) bond motifs is 3. The molecule has 0 spiro atoms. The second-order valence-electron chi connectivity index (χ2n) is 14.4. The fraction of sp³-hybridized carbons (Fsp3) is 0.364. The van der Waals surface area contributed by atoms with Crippen LogP contribution in [-0.4, -0.2) is 87.8 Å². The van der Waals surface area contributed by atoms with Crippen LogP contribution in [0.2, 0.25) is 0 Å². The second kappa shape index (κ2) is 16.9. The van der Waals surface area contributed by atoms with Gasteiger partial charge in [-0.3, -0.25) is 9.69 Å². The van der Waals surface area contributed by atoms with E-state index in [0.717, 1.165) is 52.7 Å². The van der Waals surface area contributed by atoms with Crippen LogP contribution in [0.4, 0.5) is 16.2 Å². The molecule has 2 aliphatic heterocycles. The highest BCUT2D eigenvalue weighted by Gasteiger charge is 2.45. The summed E-state index contributed by atoms with van der Waals surface area (Å²) >= 11 is 0. The number of ether oxygens (including phenoxy) is 6. The SMILES string of the molecule is C=C1CC(C2OCCN2C(=O)OCC2c3ccccc3-c3ccccc32)N(C(=O)c2cc(OC)c(OCCCCCOc3cc(N)c(C)cc3OC)cc2N)C1. The predicted molar refractivity (Wildman–Crippen MR) is 214 cm³/mol. The van der Waals surface area contributed by atoms with Crippen molar-refractivity contribution in [3.8, 4) is 34.1 Å². The summed E-state index contributed by atoms with van der Waals surface area (Å²) < 4.78 is 35.2. The van der Waals surface area contributed by atoms with Gasteiger partial charge >= 0.3 is 6.09 Å². The van der Waals surface area contributed by atoms with Gasteiger partial charge in [-0.2, -0.15) is 0 Å². The standard InChI is InChI=1S/C44H50N4O8/c1-27-20-37(43-47(16-19-55-43)44(50)56-26-34-31-14-8-6-12-29(31)30-13-7-9-15-32(30)34)48(25-27)42(49)33-22-39(52-4)41(24-36(33)46)54-18-11-5-10-17-53-40-23-35(45)28(2)21-38(40)51-3/h6-9,12-15,21-24,34,37,43H,1,5,10-11,16-20,25-26,45-46H2,2-4H3. The van der Waals surface area contributed by atoms with Crippen molar-refractivity contribution in [1.82, 2.24) is 9.80 Å². The van der Waals surface area contributed by atoms with Gasteiger partial charge in [0.2, 0.25) is 0 Å². The number of anilines is 2. The molecule has 2 heterocycles. The minimum Gasteiger partial charge on any atom is -0.493 e. The van der Waals surface area contributed by atoms with Crippen molar-refractivity contribution < 1.29 is 38.0 Å². The number of carbonyl (C=O) groups is 2. The number of methoxy groups -OCH3 is 2. The topological polar surface area (TPSA) is 148 Å². The fourth-order valence-corrected chi connectivity index (χ4v) is 7.87. The number of hydrogen-bond acceptors (Lipinski definition) is 10. The highest BCUT2D eigenvalue weighted by atomic mass is 16.6. The van der Waals surface area contributed by atoms with Crippen LogP contribution in [0, 0.1) is 6.92 Å². The first-order valence-electron chi connectivity index (χ1n) is 19.1. The van der Waals surface area contributed by atoms with Gasteiger partial charge in [-0.15, -0.1) is 0 Å². The number of benzene rings is 4. The Morgan fingerprint density at radius 2 is 1.41 bits per heavy atom. The van der Waals surface area contributed by atoms with E-state index in [1.54, 1.807) is 35.1 Å². The van der Waals surface area contributed by atoms with Gasteiger partial charge in [0.05, 0.1) is 52.2 Å². The number of carbonyl (C=O) groups excluding carboxylic acids is 2. The average molecular weight is 763 g/mol. The molecule has 1 aliphatic carbocycles. The van der Waals surface area contributed by atoms with Crippen molar-refractivity contribution in [2.45, 2.75) is 50.8 Å². The molecule has 2 amide bonds. The molecule has 0 aromatic heterocycles. The maximum atomic E-state index is 14.2. The van der Waals surface area contributed by atoms with Gasteiger partial charge in [-0.25, -0.2) is 4.79 Å². The predicted octanol–water partition coefficient (Wildman–Crippen LogP) is 7.18. The van der Waals surface area contributed by atoms with E-state index in [1.165, 1.54) is 7.11 Å². The zero-order valence-corrected chi connectivity index (χ0v) is 32.3. The van der Waals surface area contributed by atoms with Crippen LogP contribution in [0.15, 0.2) is 84.9 Å². The summed E-state index contributed by atoms with van der Waals surface area (Å²) in [5, 5.41) is 0. The van der Waals surface area contributed by atoms with E-state index in [4.69, 9.17) is 39.9 Å². The van der Waals surface area contributed by atoms with Gasteiger partial charge in [0, 0.05) is 36.0 Å². The Hall–Kier alpha value is -5.88. The molecule has 2 atom stereocenters. The zero-order valence-electron chi connectivity index (χ0n) is 32.3. The number of likely N-dealkylation sites (tertiary alicyclic amines) is 1. The fourth-order valence-electron chi connectivity index (χ4n) is 7.87. The first-order valence-corrected chi connectivity index (χ1v) is 19.1. The Labute approximate surface area is 327 Å². The lowest BCUT2D eigenvalue weighted by Gasteiger charge is -2.33. The summed E-state index contributed by atoms with van der Waals surface area (Å²) in [6.45, 7) is 8.19. The van der Waals surface area contributed by atoms with Gasteiger partial charge in [0.25, 0.3) is 5.91 Å². The molecule has 2 unspecified atom stereocenters. The van der Waals surface area contributed by atoms with Crippen molar-refractivity contribution in [3.63, 3.8) is 0 Å².